The van der Waals surface area contributed by atoms with E-state index in [1.807, 2.05) is 12.1 Å². The van der Waals surface area contributed by atoms with Crippen LogP contribution < -0.4 is 10.1 Å². The number of nitrogens with zero attached hydrogens (tertiary/aromatic N) is 1. The van der Waals surface area contributed by atoms with Gasteiger partial charge in [-0.15, -0.1) is 0 Å². The molecule has 0 fully saturated rings. The van der Waals surface area contributed by atoms with E-state index in [0.29, 0.717) is 18.6 Å². The summed E-state index contributed by atoms with van der Waals surface area (Å²) >= 11 is 0. The SMILES string of the molecule is CC(=O)Nc1ccc(COc2cccnc2C=O)cc1. The third-order valence-electron chi connectivity index (χ3n) is 2.58. The highest BCUT2D eigenvalue weighted by molar-refractivity contribution is 5.88. The van der Waals surface area contributed by atoms with Crippen LogP contribution in [-0.4, -0.2) is 17.2 Å². The highest BCUT2D eigenvalue weighted by Crippen LogP contribution is 2.16. The maximum Gasteiger partial charge on any atom is 0.221 e. The smallest absolute Gasteiger partial charge is 0.221 e. The van der Waals surface area contributed by atoms with Crippen LogP contribution in [0, 0.1) is 0 Å². The molecule has 0 radical (unpaired) electrons. The number of amides is 1. The van der Waals surface area contributed by atoms with Crippen LogP contribution in [0.2, 0.25) is 0 Å². The van der Waals surface area contributed by atoms with E-state index in [-0.39, 0.29) is 11.6 Å². The summed E-state index contributed by atoms with van der Waals surface area (Å²) in [7, 11) is 0. The van der Waals surface area contributed by atoms with Crippen molar-refractivity contribution in [1.29, 1.82) is 0 Å². The van der Waals surface area contributed by atoms with Gasteiger partial charge in [-0.1, -0.05) is 12.1 Å². The van der Waals surface area contributed by atoms with Crippen molar-refractivity contribution >= 4 is 17.9 Å². The standard InChI is InChI=1S/C15H14N2O3/c1-11(19)17-13-6-4-12(5-7-13)10-20-15-3-2-8-16-14(15)9-18/h2-9H,10H2,1H3,(H,17,19). The number of aromatic nitrogens is 1. The van der Waals surface area contributed by atoms with E-state index in [2.05, 4.69) is 10.3 Å². The van der Waals surface area contributed by atoms with E-state index in [1.54, 1.807) is 30.5 Å². The Balaban J connectivity index is 2.00. The van der Waals surface area contributed by atoms with Crippen LogP contribution in [-0.2, 0) is 11.4 Å². The van der Waals surface area contributed by atoms with Gasteiger partial charge < -0.3 is 10.1 Å². The molecule has 1 heterocycles. The quantitative estimate of drug-likeness (QED) is 0.847. The molecule has 0 aliphatic carbocycles. The first kappa shape index (κ1) is 13.7. The molecule has 0 saturated carbocycles. The summed E-state index contributed by atoms with van der Waals surface area (Å²) in [5, 5.41) is 2.69. The molecule has 0 aliphatic heterocycles. The minimum atomic E-state index is -0.111. The van der Waals surface area contributed by atoms with Gasteiger partial charge in [0.15, 0.2) is 6.29 Å². The summed E-state index contributed by atoms with van der Waals surface area (Å²) in [4.78, 5) is 25.6. The predicted octanol–water partition coefficient (Wildman–Crippen LogP) is 2.43. The second kappa shape index (κ2) is 6.47. The molecule has 20 heavy (non-hydrogen) atoms. The second-order valence-electron chi connectivity index (χ2n) is 4.17. The molecule has 0 unspecified atom stereocenters. The van der Waals surface area contributed by atoms with Gasteiger partial charge in [-0.2, -0.15) is 0 Å². The van der Waals surface area contributed by atoms with Crippen molar-refractivity contribution < 1.29 is 14.3 Å². The van der Waals surface area contributed by atoms with Crippen molar-refractivity contribution in [3.63, 3.8) is 0 Å². The number of aldehydes is 1. The van der Waals surface area contributed by atoms with Gasteiger partial charge in [-0.25, -0.2) is 4.98 Å². The van der Waals surface area contributed by atoms with E-state index in [9.17, 15) is 9.59 Å². The molecule has 0 saturated heterocycles. The number of carbonyl (C=O) groups excluding carboxylic acids is 2. The van der Waals surface area contributed by atoms with Crippen molar-refractivity contribution in [2.75, 3.05) is 5.32 Å². The zero-order chi connectivity index (χ0) is 14.4. The second-order valence-corrected chi connectivity index (χ2v) is 4.17. The minimum Gasteiger partial charge on any atom is -0.487 e. The third-order valence-corrected chi connectivity index (χ3v) is 2.58. The van der Waals surface area contributed by atoms with Gasteiger partial charge in [0.25, 0.3) is 0 Å². The summed E-state index contributed by atoms with van der Waals surface area (Å²) in [6, 6.07) is 10.7. The summed E-state index contributed by atoms with van der Waals surface area (Å²) in [5.41, 5.74) is 1.94. The number of anilines is 1. The topological polar surface area (TPSA) is 68.3 Å². The molecule has 0 bridgehead atoms. The van der Waals surface area contributed by atoms with E-state index in [4.69, 9.17) is 4.74 Å². The van der Waals surface area contributed by atoms with Crippen molar-refractivity contribution in [3.8, 4) is 5.75 Å². The maximum atomic E-state index is 10.9. The predicted molar refractivity (Wildman–Crippen MR) is 74.7 cm³/mol. The molecule has 1 aromatic heterocycles. The lowest BCUT2D eigenvalue weighted by Gasteiger charge is -2.08. The van der Waals surface area contributed by atoms with Gasteiger partial charge in [-0.3, -0.25) is 9.59 Å². The summed E-state index contributed by atoms with van der Waals surface area (Å²) in [6.07, 6.45) is 2.20. The first-order chi connectivity index (χ1) is 9.69. The molecular formula is C15H14N2O3. The Morgan fingerprint density at radius 2 is 2.05 bits per heavy atom. The normalized spacial score (nSPS) is 9.85. The van der Waals surface area contributed by atoms with Gasteiger partial charge in [0.2, 0.25) is 5.91 Å². The molecule has 2 rings (SSSR count). The van der Waals surface area contributed by atoms with Gasteiger partial charge in [0.05, 0.1) is 0 Å². The Morgan fingerprint density at radius 3 is 2.70 bits per heavy atom. The number of rotatable bonds is 5. The number of ether oxygens (including phenoxy) is 1. The lowest BCUT2D eigenvalue weighted by molar-refractivity contribution is -0.114. The minimum absolute atomic E-state index is 0.111. The average molecular weight is 270 g/mol. The van der Waals surface area contributed by atoms with Crippen molar-refractivity contribution in [2.45, 2.75) is 13.5 Å². The molecule has 5 nitrogen and oxygen atoms in total. The van der Waals surface area contributed by atoms with Crippen LogP contribution in [0.15, 0.2) is 42.6 Å². The third kappa shape index (κ3) is 3.65. The van der Waals surface area contributed by atoms with Crippen LogP contribution in [0.3, 0.4) is 0 Å². The lowest BCUT2D eigenvalue weighted by Crippen LogP contribution is -2.05. The molecule has 1 N–H and O–H groups in total. The van der Waals surface area contributed by atoms with Crippen LogP contribution >= 0.6 is 0 Å². The van der Waals surface area contributed by atoms with E-state index >= 15 is 0 Å². The molecule has 1 aromatic carbocycles. The Hall–Kier alpha value is -2.69. The van der Waals surface area contributed by atoms with E-state index < -0.39 is 0 Å². The van der Waals surface area contributed by atoms with Gasteiger partial charge in [-0.05, 0) is 29.8 Å². The Morgan fingerprint density at radius 1 is 1.30 bits per heavy atom. The number of hydrogen-bond donors (Lipinski definition) is 1. The summed E-state index contributed by atoms with van der Waals surface area (Å²) < 4.78 is 5.55. The highest BCUT2D eigenvalue weighted by Gasteiger charge is 2.03. The fourth-order valence-corrected chi connectivity index (χ4v) is 1.66. The maximum absolute atomic E-state index is 10.9. The summed E-state index contributed by atoms with van der Waals surface area (Å²) in [5.74, 6) is 0.341. The zero-order valence-corrected chi connectivity index (χ0v) is 11.0. The number of nitrogens with one attached hydrogen (secondary N) is 1. The van der Waals surface area contributed by atoms with Crippen LogP contribution in [0.1, 0.15) is 23.0 Å². The molecule has 5 heteroatoms. The molecule has 0 atom stereocenters. The van der Waals surface area contributed by atoms with E-state index in [0.717, 1.165) is 11.3 Å². The average Bonchev–Trinajstić information content (AvgIpc) is 2.46. The molecular weight excluding hydrogens is 256 g/mol. The lowest BCUT2D eigenvalue weighted by atomic mass is 10.2. The van der Waals surface area contributed by atoms with Crippen molar-refractivity contribution in [2.24, 2.45) is 0 Å². The fraction of sp³-hybridized carbons (Fsp3) is 0.133. The van der Waals surface area contributed by atoms with Crippen LogP contribution in [0.5, 0.6) is 5.75 Å². The van der Waals surface area contributed by atoms with Crippen molar-refractivity contribution in [1.82, 2.24) is 4.98 Å². The molecule has 0 spiro atoms. The number of pyridine rings is 1. The Labute approximate surface area is 116 Å². The number of carbonyl (C=O) groups is 2. The number of hydrogen-bond acceptors (Lipinski definition) is 4. The van der Waals surface area contributed by atoms with E-state index in [1.165, 1.54) is 6.92 Å². The zero-order valence-electron chi connectivity index (χ0n) is 11.0. The molecule has 102 valence electrons. The monoisotopic (exact) mass is 270 g/mol. The molecule has 2 aromatic rings. The first-order valence-electron chi connectivity index (χ1n) is 6.08. The van der Waals surface area contributed by atoms with Gasteiger partial charge >= 0.3 is 0 Å². The van der Waals surface area contributed by atoms with Crippen LogP contribution in [0.25, 0.3) is 0 Å². The highest BCUT2D eigenvalue weighted by atomic mass is 16.5. The summed E-state index contributed by atoms with van der Waals surface area (Å²) in [6.45, 7) is 1.78. The van der Waals surface area contributed by atoms with Gasteiger partial charge in [0, 0.05) is 18.8 Å². The Bertz CT molecular complexity index is 609. The molecule has 0 aliphatic rings. The van der Waals surface area contributed by atoms with Crippen molar-refractivity contribution in [3.05, 3.63) is 53.9 Å². The van der Waals surface area contributed by atoms with Crippen LogP contribution in [0.4, 0.5) is 5.69 Å². The number of benzene rings is 1. The molecule has 1 amide bonds. The van der Waals surface area contributed by atoms with Gasteiger partial charge in [0.1, 0.15) is 18.1 Å². The Kier molecular flexibility index (Phi) is 4.44. The largest absolute Gasteiger partial charge is 0.487 e. The first-order valence-corrected chi connectivity index (χ1v) is 6.08. The fourth-order valence-electron chi connectivity index (χ4n) is 1.66.